The Hall–Kier alpha value is -2.37. The third-order valence-corrected chi connectivity index (χ3v) is 5.03. The van der Waals surface area contributed by atoms with E-state index < -0.39 is 0 Å². The summed E-state index contributed by atoms with van der Waals surface area (Å²) in [5.41, 5.74) is 2.74. The molecule has 0 N–H and O–H groups in total. The average molecular weight is 340 g/mol. The maximum Gasteiger partial charge on any atom is 0.231 e. The van der Waals surface area contributed by atoms with Gasteiger partial charge in [0.1, 0.15) is 12.0 Å². The Bertz CT molecular complexity index is 744. The zero-order chi connectivity index (χ0) is 18.1. The molecule has 0 saturated carbocycles. The first-order valence-corrected chi connectivity index (χ1v) is 8.87. The van der Waals surface area contributed by atoms with Crippen LogP contribution in [0.15, 0.2) is 24.3 Å². The fraction of sp³-hybridized carbons (Fsp3) is 0.526. The van der Waals surface area contributed by atoms with Crippen LogP contribution in [0.4, 0.5) is 17.6 Å². The number of aromatic nitrogens is 3. The van der Waals surface area contributed by atoms with Crippen molar-refractivity contribution in [3.8, 4) is 0 Å². The largest absolute Gasteiger partial charge is 0.351 e. The van der Waals surface area contributed by atoms with Crippen molar-refractivity contribution in [2.75, 3.05) is 42.4 Å². The molecule has 25 heavy (non-hydrogen) atoms. The molecule has 2 unspecified atom stereocenters. The predicted molar refractivity (Wildman–Crippen MR) is 104 cm³/mol. The Morgan fingerprint density at radius 2 is 1.76 bits per heavy atom. The second-order valence-corrected chi connectivity index (χ2v) is 7.06. The molecule has 0 aliphatic carbocycles. The molecule has 0 amide bonds. The summed E-state index contributed by atoms with van der Waals surface area (Å²) >= 11 is 0. The number of anilines is 3. The quantitative estimate of drug-likeness (QED) is 0.853. The zero-order valence-electron chi connectivity index (χ0n) is 16.1. The van der Waals surface area contributed by atoms with Gasteiger partial charge in [-0.1, -0.05) is 25.1 Å². The van der Waals surface area contributed by atoms with Gasteiger partial charge in [-0.05, 0) is 37.8 Å². The monoisotopic (exact) mass is 340 g/mol. The van der Waals surface area contributed by atoms with E-state index in [4.69, 9.17) is 0 Å². The van der Waals surface area contributed by atoms with Crippen LogP contribution in [0.5, 0.6) is 0 Å². The lowest BCUT2D eigenvalue weighted by Gasteiger charge is -2.42. The van der Waals surface area contributed by atoms with Gasteiger partial charge in [-0.2, -0.15) is 15.0 Å². The van der Waals surface area contributed by atoms with Gasteiger partial charge in [0.25, 0.3) is 0 Å². The van der Waals surface area contributed by atoms with Crippen LogP contribution in [0.2, 0.25) is 0 Å². The van der Waals surface area contributed by atoms with E-state index in [1.54, 1.807) is 0 Å². The molecule has 134 valence electrons. The van der Waals surface area contributed by atoms with Crippen LogP contribution >= 0.6 is 0 Å². The number of fused-ring (bicyclic) bond motifs is 1. The van der Waals surface area contributed by atoms with Gasteiger partial charge in [-0.15, -0.1) is 0 Å². The van der Waals surface area contributed by atoms with Crippen molar-refractivity contribution in [3.05, 3.63) is 35.7 Å². The summed E-state index contributed by atoms with van der Waals surface area (Å²) in [5.74, 6) is 2.74. The van der Waals surface area contributed by atoms with Gasteiger partial charge in [0, 0.05) is 33.4 Å². The second-order valence-electron chi connectivity index (χ2n) is 7.06. The van der Waals surface area contributed by atoms with Crippen LogP contribution in [0, 0.1) is 6.92 Å². The highest BCUT2D eigenvalue weighted by molar-refractivity contribution is 5.59. The summed E-state index contributed by atoms with van der Waals surface area (Å²) in [6.45, 7) is 7.47. The average Bonchev–Trinajstić information content (AvgIpc) is 2.60. The summed E-state index contributed by atoms with van der Waals surface area (Å²) in [6.07, 6.45) is 1.32. The summed E-state index contributed by atoms with van der Waals surface area (Å²) < 4.78 is 0. The molecule has 0 fully saturated rings. The van der Waals surface area contributed by atoms with E-state index in [1.165, 1.54) is 11.3 Å². The lowest BCUT2D eigenvalue weighted by atomic mass is 9.91. The summed E-state index contributed by atoms with van der Waals surface area (Å²) in [7, 11) is 5.95. The number of rotatable bonds is 4. The second kappa shape index (κ2) is 6.86. The molecule has 2 atom stereocenters. The Labute approximate surface area is 150 Å². The first-order valence-electron chi connectivity index (χ1n) is 8.87. The maximum atomic E-state index is 4.62. The van der Waals surface area contributed by atoms with Crippen LogP contribution in [0.1, 0.15) is 37.6 Å². The molecule has 0 bridgehead atoms. The van der Waals surface area contributed by atoms with Crippen molar-refractivity contribution in [2.24, 2.45) is 0 Å². The van der Waals surface area contributed by atoms with Gasteiger partial charge in [0.2, 0.25) is 11.9 Å². The molecule has 0 radical (unpaired) electrons. The topological polar surface area (TPSA) is 48.4 Å². The number of aryl methyl sites for hydroxylation is 1. The minimum atomic E-state index is 0.158. The van der Waals surface area contributed by atoms with E-state index in [9.17, 15) is 0 Å². The number of hydrogen-bond donors (Lipinski definition) is 0. The Kier molecular flexibility index (Phi) is 4.79. The van der Waals surface area contributed by atoms with Gasteiger partial charge < -0.3 is 14.7 Å². The molecule has 3 rings (SSSR count). The van der Waals surface area contributed by atoms with Gasteiger partial charge in [0.05, 0.1) is 0 Å². The highest BCUT2D eigenvalue weighted by Gasteiger charge is 2.28. The fourth-order valence-electron chi connectivity index (χ4n) is 3.35. The van der Waals surface area contributed by atoms with Crippen LogP contribution in [-0.4, -0.2) is 48.8 Å². The van der Waals surface area contributed by atoms with Crippen LogP contribution in [0.25, 0.3) is 0 Å². The summed E-state index contributed by atoms with van der Waals surface area (Å²) in [5, 5.41) is 0. The van der Waals surface area contributed by atoms with E-state index in [2.05, 4.69) is 69.9 Å². The molecular weight excluding hydrogens is 312 g/mol. The van der Waals surface area contributed by atoms with E-state index >= 15 is 0 Å². The first kappa shape index (κ1) is 17.5. The van der Waals surface area contributed by atoms with E-state index in [1.807, 2.05) is 25.9 Å². The number of hydrogen-bond acceptors (Lipinski definition) is 6. The molecule has 2 aromatic rings. The van der Waals surface area contributed by atoms with Crippen molar-refractivity contribution in [1.29, 1.82) is 0 Å². The molecule has 6 nitrogen and oxygen atoms in total. The standard InChI is InChI=1S/C19H28N6/c1-13-11-12-25(17-10-8-7-9-16(13)17)15(3)24(6)19-21-14(2)20-18(22-19)23(4)5/h7-10,13,15H,11-12H2,1-6H3. The minimum absolute atomic E-state index is 0.158. The van der Waals surface area contributed by atoms with Crippen molar-refractivity contribution in [1.82, 2.24) is 15.0 Å². The van der Waals surface area contributed by atoms with Crippen molar-refractivity contribution >= 4 is 17.6 Å². The van der Waals surface area contributed by atoms with Crippen LogP contribution in [-0.2, 0) is 0 Å². The Morgan fingerprint density at radius 1 is 1.08 bits per heavy atom. The van der Waals surface area contributed by atoms with E-state index in [0.29, 0.717) is 17.8 Å². The lowest BCUT2D eigenvalue weighted by molar-refractivity contribution is 0.541. The third kappa shape index (κ3) is 3.38. The smallest absolute Gasteiger partial charge is 0.231 e. The first-order chi connectivity index (χ1) is 11.9. The van der Waals surface area contributed by atoms with Gasteiger partial charge >= 0.3 is 0 Å². The summed E-state index contributed by atoms with van der Waals surface area (Å²) in [6, 6.07) is 8.72. The lowest BCUT2D eigenvalue weighted by Crippen LogP contribution is -2.48. The highest BCUT2D eigenvalue weighted by atomic mass is 15.4. The molecule has 1 aromatic heterocycles. The third-order valence-electron chi connectivity index (χ3n) is 5.03. The number of benzene rings is 1. The Morgan fingerprint density at radius 3 is 2.48 bits per heavy atom. The predicted octanol–water partition coefficient (Wildman–Crippen LogP) is 3.04. The van der Waals surface area contributed by atoms with Gasteiger partial charge in [0.15, 0.2) is 0 Å². The molecule has 6 heteroatoms. The van der Waals surface area contributed by atoms with Crippen molar-refractivity contribution in [2.45, 2.75) is 39.3 Å². The molecule has 1 aromatic carbocycles. The molecule has 2 heterocycles. The normalized spacial score (nSPS) is 17.8. The highest BCUT2D eigenvalue weighted by Crippen LogP contribution is 2.36. The minimum Gasteiger partial charge on any atom is -0.351 e. The van der Waals surface area contributed by atoms with E-state index in [0.717, 1.165) is 18.8 Å². The SMILES string of the molecule is Cc1nc(N(C)C)nc(N(C)C(C)N2CCC(C)c3ccccc32)n1. The zero-order valence-corrected chi connectivity index (χ0v) is 16.1. The van der Waals surface area contributed by atoms with E-state index in [-0.39, 0.29) is 6.17 Å². The molecule has 0 spiro atoms. The van der Waals surface area contributed by atoms with Crippen molar-refractivity contribution in [3.63, 3.8) is 0 Å². The van der Waals surface area contributed by atoms with Gasteiger partial charge in [-0.3, -0.25) is 0 Å². The molecule has 1 aliphatic heterocycles. The number of para-hydroxylation sites is 1. The maximum absolute atomic E-state index is 4.62. The molecule has 0 saturated heterocycles. The Balaban J connectivity index is 1.91. The van der Waals surface area contributed by atoms with Gasteiger partial charge in [-0.25, -0.2) is 0 Å². The van der Waals surface area contributed by atoms with Crippen LogP contribution in [0.3, 0.4) is 0 Å². The summed E-state index contributed by atoms with van der Waals surface area (Å²) in [4.78, 5) is 20.1. The van der Waals surface area contributed by atoms with Crippen LogP contribution < -0.4 is 14.7 Å². The number of nitrogens with zero attached hydrogens (tertiary/aromatic N) is 6. The molecule has 1 aliphatic rings. The fourth-order valence-corrected chi connectivity index (χ4v) is 3.35. The van der Waals surface area contributed by atoms with Crippen molar-refractivity contribution < 1.29 is 0 Å². The molecular formula is C19H28N6.